The summed E-state index contributed by atoms with van der Waals surface area (Å²) in [6.07, 6.45) is -4.00. The van der Waals surface area contributed by atoms with Crippen LogP contribution in [0.5, 0.6) is 0 Å². The number of cyclic esters (lactones) is 1. The van der Waals surface area contributed by atoms with Crippen molar-refractivity contribution in [1.82, 2.24) is 20.3 Å². The van der Waals surface area contributed by atoms with Crippen LogP contribution in [0, 0.1) is 0 Å². The number of anilines is 2. The van der Waals surface area contributed by atoms with E-state index >= 15 is 0 Å². The Kier molecular flexibility index (Phi) is 5.22. The molecule has 30 heavy (non-hydrogen) atoms. The number of carbonyl (C=O) groups is 1. The first-order valence-electron chi connectivity index (χ1n) is 9.67. The van der Waals surface area contributed by atoms with Crippen molar-refractivity contribution in [3.8, 4) is 11.4 Å². The average Bonchev–Trinajstić information content (AvgIpc) is 2.72. The van der Waals surface area contributed by atoms with Gasteiger partial charge in [-0.15, -0.1) is 0 Å². The number of fused-ring (bicyclic) bond motifs is 1. The molecule has 0 radical (unpaired) electrons. The monoisotopic (exact) mass is 422 g/mol. The number of halogens is 3. The number of alkyl halides is 3. The molecule has 2 aliphatic heterocycles. The molecule has 160 valence electrons. The van der Waals surface area contributed by atoms with Gasteiger partial charge in [0.25, 0.3) is 0 Å². The minimum Gasteiger partial charge on any atom is -0.441 e. The summed E-state index contributed by atoms with van der Waals surface area (Å²) in [5.74, 6) is 0.451. The van der Waals surface area contributed by atoms with E-state index < -0.39 is 23.9 Å². The summed E-state index contributed by atoms with van der Waals surface area (Å²) in [5.41, 5.74) is -0.166. The number of ether oxygens (including phenoxy) is 1. The van der Waals surface area contributed by atoms with Crippen LogP contribution in [0.15, 0.2) is 18.5 Å². The third-order valence-electron chi connectivity index (χ3n) is 5.29. The van der Waals surface area contributed by atoms with Crippen molar-refractivity contribution in [2.45, 2.75) is 38.6 Å². The smallest absolute Gasteiger partial charge is 0.416 e. The molecule has 0 unspecified atom stereocenters. The zero-order chi connectivity index (χ0) is 21.5. The highest BCUT2D eigenvalue weighted by molar-refractivity contribution is 5.88. The molecule has 0 spiro atoms. The second kappa shape index (κ2) is 7.71. The molecule has 0 aliphatic carbocycles. The molecule has 1 fully saturated rings. The minimum absolute atomic E-state index is 0.0310. The van der Waals surface area contributed by atoms with Crippen LogP contribution in [-0.4, -0.2) is 46.7 Å². The van der Waals surface area contributed by atoms with E-state index in [1.807, 2.05) is 11.8 Å². The maximum atomic E-state index is 13.7. The number of hydrogen-bond acceptors (Lipinski definition) is 7. The molecule has 4 rings (SSSR count). The minimum atomic E-state index is -4.55. The van der Waals surface area contributed by atoms with Crippen LogP contribution >= 0.6 is 0 Å². The van der Waals surface area contributed by atoms with E-state index in [1.54, 1.807) is 6.92 Å². The van der Waals surface area contributed by atoms with Gasteiger partial charge < -0.3 is 15.0 Å². The number of aromatic nitrogens is 3. The molecule has 11 heteroatoms. The van der Waals surface area contributed by atoms with Gasteiger partial charge in [-0.2, -0.15) is 13.2 Å². The van der Waals surface area contributed by atoms with Crippen molar-refractivity contribution >= 4 is 17.7 Å². The molecule has 2 aliphatic rings. The fourth-order valence-electron chi connectivity index (χ4n) is 3.81. The van der Waals surface area contributed by atoms with Crippen LogP contribution < -0.4 is 15.5 Å². The van der Waals surface area contributed by atoms with E-state index in [0.29, 0.717) is 25.2 Å². The Morgan fingerprint density at radius 1 is 1.30 bits per heavy atom. The van der Waals surface area contributed by atoms with Crippen LogP contribution in [0.2, 0.25) is 0 Å². The zero-order valence-corrected chi connectivity index (χ0v) is 16.5. The van der Waals surface area contributed by atoms with Crippen LogP contribution in [-0.2, 0) is 10.9 Å². The van der Waals surface area contributed by atoms with Crippen molar-refractivity contribution in [3.05, 3.63) is 29.6 Å². The highest BCUT2D eigenvalue weighted by atomic mass is 19.4. The lowest BCUT2D eigenvalue weighted by Gasteiger charge is -2.37. The summed E-state index contributed by atoms with van der Waals surface area (Å²) in [6, 6.07) is 2.08. The van der Waals surface area contributed by atoms with Crippen molar-refractivity contribution < 1.29 is 22.7 Å². The number of rotatable bonds is 3. The van der Waals surface area contributed by atoms with Crippen molar-refractivity contribution in [3.63, 3.8) is 0 Å². The van der Waals surface area contributed by atoms with Gasteiger partial charge >= 0.3 is 12.3 Å². The fourth-order valence-corrected chi connectivity index (χ4v) is 3.81. The third-order valence-corrected chi connectivity index (χ3v) is 5.29. The summed E-state index contributed by atoms with van der Waals surface area (Å²) < 4.78 is 46.3. The van der Waals surface area contributed by atoms with Gasteiger partial charge in [-0.3, -0.25) is 5.32 Å². The van der Waals surface area contributed by atoms with Gasteiger partial charge in [0, 0.05) is 25.7 Å². The highest BCUT2D eigenvalue weighted by Gasteiger charge is 2.35. The summed E-state index contributed by atoms with van der Waals surface area (Å²) in [5, 5.41) is 5.72. The molecule has 0 aromatic carbocycles. The van der Waals surface area contributed by atoms with Crippen molar-refractivity contribution in [2.75, 3.05) is 29.9 Å². The van der Waals surface area contributed by atoms with Crippen LogP contribution in [0.1, 0.15) is 37.5 Å². The first-order valence-corrected chi connectivity index (χ1v) is 9.67. The normalized spacial score (nSPS) is 21.6. The summed E-state index contributed by atoms with van der Waals surface area (Å²) in [4.78, 5) is 26.3. The number of nitrogens with zero attached hydrogens (tertiary/aromatic N) is 4. The standard InChI is InChI=1S/C19H21F3N6O2/c1-3-12-8-23-4-5-28(12)14-7-11(19(20,21)22)6-13(26-14)16-15-10(2)30-18(29)27-17(15)25-9-24-16/h6-7,9-10,12,23H,3-5,8H2,1-2H3,(H,24,25,27,29)/t10-,12-/m1/s1. The van der Waals surface area contributed by atoms with E-state index in [9.17, 15) is 18.0 Å². The average molecular weight is 422 g/mol. The summed E-state index contributed by atoms with van der Waals surface area (Å²) in [7, 11) is 0. The Labute approximate surface area is 170 Å². The van der Waals surface area contributed by atoms with E-state index in [4.69, 9.17) is 4.74 Å². The molecule has 2 aromatic heterocycles. The van der Waals surface area contributed by atoms with Crippen LogP contribution in [0.3, 0.4) is 0 Å². The van der Waals surface area contributed by atoms with Crippen molar-refractivity contribution in [2.24, 2.45) is 0 Å². The summed E-state index contributed by atoms with van der Waals surface area (Å²) in [6.45, 7) is 5.47. The van der Waals surface area contributed by atoms with E-state index in [-0.39, 0.29) is 29.1 Å². The molecule has 2 aromatic rings. The molecular weight excluding hydrogens is 401 g/mol. The molecule has 8 nitrogen and oxygen atoms in total. The number of carbonyl (C=O) groups excluding carboxylic acids is 1. The number of hydrogen-bond donors (Lipinski definition) is 2. The maximum Gasteiger partial charge on any atom is 0.416 e. The molecule has 0 bridgehead atoms. The van der Waals surface area contributed by atoms with Crippen molar-refractivity contribution in [1.29, 1.82) is 0 Å². The molecule has 2 atom stereocenters. The molecular formula is C19H21F3N6O2. The van der Waals surface area contributed by atoms with Gasteiger partial charge in [-0.25, -0.2) is 19.7 Å². The second-order valence-corrected chi connectivity index (χ2v) is 7.21. The Balaban J connectivity index is 1.87. The highest BCUT2D eigenvalue weighted by Crippen LogP contribution is 2.39. The first kappa shape index (κ1) is 20.3. The number of amides is 1. The zero-order valence-electron chi connectivity index (χ0n) is 16.5. The third kappa shape index (κ3) is 3.76. The maximum absolute atomic E-state index is 13.7. The van der Waals surface area contributed by atoms with E-state index in [2.05, 4.69) is 25.6 Å². The Morgan fingerprint density at radius 3 is 2.83 bits per heavy atom. The van der Waals surface area contributed by atoms with Crippen LogP contribution in [0.25, 0.3) is 11.4 Å². The molecule has 4 heterocycles. The van der Waals surface area contributed by atoms with Gasteiger partial charge in [0.1, 0.15) is 29.8 Å². The van der Waals surface area contributed by atoms with Gasteiger partial charge in [0.2, 0.25) is 0 Å². The number of nitrogens with one attached hydrogen (secondary N) is 2. The SMILES string of the molecule is CC[C@@H]1CNCCN1c1cc(C(F)(F)F)cc(-c2ncnc3c2[C@@H](C)OC(=O)N3)n1. The van der Waals surface area contributed by atoms with E-state index in [1.165, 1.54) is 6.33 Å². The van der Waals surface area contributed by atoms with E-state index in [0.717, 1.165) is 18.6 Å². The fraction of sp³-hybridized carbons (Fsp3) is 0.474. The Hall–Kier alpha value is -2.95. The predicted molar refractivity (Wildman–Crippen MR) is 103 cm³/mol. The summed E-state index contributed by atoms with van der Waals surface area (Å²) >= 11 is 0. The topological polar surface area (TPSA) is 92.3 Å². The molecule has 1 amide bonds. The second-order valence-electron chi connectivity index (χ2n) is 7.21. The molecule has 1 saturated heterocycles. The molecule has 2 N–H and O–H groups in total. The largest absolute Gasteiger partial charge is 0.441 e. The quantitative estimate of drug-likeness (QED) is 0.784. The van der Waals surface area contributed by atoms with Gasteiger partial charge in [0.05, 0.1) is 16.8 Å². The lowest BCUT2D eigenvalue weighted by atomic mass is 10.0. The van der Waals surface area contributed by atoms with Gasteiger partial charge in [-0.05, 0) is 25.5 Å². The van der Waals surface area contributed by atoms with Crippen LogP contribution in [0.4, 0.5) is 29.6 Å². The Morgan fingerprint density at radius 2 is 2.10 bits per heavy atom. The number of piperazine rings is 1. The number of pyridine rings is 1. The van der Waals surface area contributed by atoms with Gasteiger partial charge in [0.15, 0.2) is 0 Å². The van der Waals surface area contributed by atoms with Gasteiger partial charge in [-0.1, -0.05) is 6.92 Å². The predicted octanol–water partition coefficient (Wildman–Crippen LogP) is 3.37. The lowest BCUT2D eigenvalue weighted by molar-refractivity contribution is -0.137. The Bertz CT molecular complexity index is 968. The lowest BCUT2D eigenvalue weighted by Crippen LogP contribution is -2.51. The first-order chi connectivity index (χ1) is 14.3. The molecule has 0 saturated carbocycles.